The standard InChI is InChI=1S/C32H30FN3O7S/c1-4-42-31(38)26-21(24-7-6-14-44-24)16-23-27(29(26)37)25(18-8-10-19(33)11-9-18)28(32(39)43-5-2)30(34)35(23)22-13-12-20(36(40)41)15-17(22)3/h6-15,21,25-26H,4-5,16,34H2,1-3H3/t21-,25-,26-/m1/s1. The number of ether oxygens (including phenoxy) is 2. The molecule has 0 radical (unpaired) electrons. The van der Waals surface area contributed by atoms with Crippen LogP contribution >= 0.6 is 11.3 Å². The Bertz CT molecular complexity index is 1700. The van der Waals surface area contributed by atoms with Crippen molar-refractivity contribution in [2.24, 2.45) is 11.7 Å². The molecule has 10 nitrogen and oxygen atoms in total. The van der Waals surface area contributed by atoms with Gasteiger partial charge >= 0.3 is 11.9 Å². The quantitative estimate of drug-likeness (QED) is 0.147. The largest absolute Gasteiger partial charge is 0.465 e. The number of anilines is 1. The number of nitro groups is 1. The molecule has 0 fully saturated rings. The molecule has 0 amide bonds. The van der Waals surface area contributed by atoms with Crippen LogP contribution in [0.15, 0.2) is 82.6 Å². The number of benzene rings is 2. The average molecular weight is 620 g/mol. The van der Waals surface area contributed by atoms with Crippen molar-refractivity contribution in [3.63, 3.8) is 0 Å². The summed E-state index contributed by atoms with van der Waals surface area (Å²) in [5.74, 6) is -5.54. The number of halogens is 1. The highest BCUT2D eigenvalue weighted by Gasteiger charge is 2.51. The Morgan fingerprint density at radius 1 is 1.11 bits per heavy atom. The fourth-order valence-corrected chi connectivity index (χ4v) is 6.84. The number of hydrogen-bond donors (Lipinski definition) is 1. The number of rotatable bonds is 8. The molecule has 2 heterocycles. The predicted molar refractivity (Wildman–Crippen MR) is 161 cm³/mol. The molecule has 1 aliphatic carbocycles. The maximum absolute atomic E-state index is 14.7. The summed E-state index contributed by atoms with van der Waals surface area (Å²) in [6, 6.07) is 13.2. The Balaban J connectivity index is 1.83. The smallest absolute Gasteiger partial charge is 0.338 e. The lowest BCUT2D eigenvalue weighted by atomic mass is 9.68. The molecule has 2 aromatic carbocycles. The molecule has 0 spiro atoms. The van der Waals surface area contributed by atoms with E-state index in [1.54, 1.807) is 25.7 Å². The van der Waals surface area contributed by atoms with Crippen molar-refractivity contribution in [3.05, 3.63) is 115 Å². The fourth-order valence-electron chi connectivity index (χ4n) is 5.98. The van der Waals surface area contributed by atoms with E-state index in [1.165, 1.54) is 53.8 Å². The summed E-state index contributed by atoms with van der Waals surface area (Å²) in [7, 11) is 0. The van der Waals surface area contributed by atoms with Crippen LogP contribution in [-0.2, 0) is 23.9 Å². The maximum Gasteiger partial charge on any atom is 0.338 e. The topological polar surface area (TPSA) is 142 Å². The van der Waals surface area contributed by atoms with Crippen molar-refractivity contribution in [2.75, 3.05) is 18.1 Å². The number of nitrogens with zero attached hydrogens (tertiary/aromatic N) is 2. The van der Waals surface area contributed by atoms with Crippen LogP contribution in [0.5, 0.6) is 0 Å². The number of Topliss-reactive ketones (excluding diaryl/α,β-unsaturated/α-hetero) is 1. The highest BCUT2D eigenvalue weighted by atomic mass is 32.1. The summed E-state index contributed by atoms with van der Waals surface area (Å²) in [5.41, 5.74) is 8.43. The van der Waals surface area contributed by atoms with Gasteiger partial charge in [0, 0.05) is 34.2 Å². The molecule has 0 unspecified atom stereocenters. The number of allylic oxidation sites excluding steroid dienone is 2. The van der Waals surface area contributed by atoms with Crippen LogP contribution < -0.4 is 10.6 Å². The van der Waals surface area contributed by atoms with E-state index in [0.29, 0.717) is 22.5 Å². The van der Waals surface area contributed by atoms with E-state index < -0.39 is 46.2 Å². The molecule has 44 heavy (non-hydrogen) atoms. The van der Waals surface area contributed by atoms with E-state index in [-0.39, 0.29) is 42.3 Å². The minimum atomic E-state index is -1.22. The summed E-state index contributed by atoms with van der Waals surface area (Å²) < 4.78 is 24.9. The second-order valence-corrected chi connectivity index (χ2v) is 11.3. The van der Waals surface area contributed by atoms with Gasteiger partial charge in [0.2, 0.25) is 0 Å². The first kappa shape index (κ1) is 30.6. The van der Waals surface area contributed by atoms with Crippen molar-refractivity contribution < 1.29 is 33.2 Å². The third-order valence-corrected chi connectivity index (χ3v) is 8.82. The lowest BCUT2D eigenvalue weighted by Gasteiger charge is -2.44. The van der Waals surface area contributed by atoms with Crippen molar-refractivity contribution in [3.8, 4) is 0 Å². The number of nitro benzene ring substituents is 1. The van der Waals surface area contributed by atoms with Crippen molar-refractivity contribution in [1.82, 2.24) is 0 Å². The number of carbonyl (C=O) groups is 3. The number of non-ortho nitro benzene ring substituents is 1. The van der Waals surface area contributed by atoms with Gasteiger partial charge in [-0.3, -0.25) is 24.6 Å². The highest BCUT2D eigenvalue weighted by molar-refractivity contribution is 7.10. The van der Waals surface area contributed by atoms with Gasteiger partial charge in [0.15, 0.2) is 5.78 Å². The van der Waals surface area contributed by atoms with Gasteiger partial charge in [-0.25, -0.2) is 9.18 Å². The molecule has 3 atom stereocenters. The van der Waals surface area contributed by atoms with Gasteiger partial charge in [0.05, 0.1) is 35.3 Å². The van der Waals surface area contributed by atoms with Crippen LogP contribution in [-0.4, -0.2) is 35.9 Å². The molecule has 1 aliphatic heterocycles. The lowest BCUT2D eigenvalue weighted by molar-refractivity contribution is -0.384. The molecule has 1 aromatic heterocycles. The molecule has 2 N–H and O–H groups in total. The minimum Gasteiger partial charge on any atom is -0.465 e. The normalized spacial score (nSPS) is 20.0. The zero-order valence-electron chi connectivity index (χ0n) is 24.2. The Morgan fingerprint density at radius 3 is 2.41 bits per heavy atom. The highest BCUT2D eigenvalue weighted by Crippen LogP contribution is 2.52. The van der Waals surface area contributed by atoms with Gasteiger partial charge in [-0.05, 0) is 68.0 Å². The minimum absolute atomic E-state index is 0.00800. The summed E-state index contributed by atoms with van der Waals surface area (Å²) in [6.45, 7) is 5.01. The predicted octanol–water partition coefficient (Wildman–Crippen LogP) is 5.63. The molecular formula is C32H30FN3O7S. The SMILES string of the molecule is CCOC(=O)C1=C(N)N(c2ccc([N+](=O)[O-])cc2C)C2=C(C(=O)[C@H](C(=O)OCC)[C@@H](c3cccs3)C2)[C@H]1c1ccc(F)cc1. The molecule has 228 valence electrons. The molecule has 0 bridgehead atoms. The summed E-state index contributed by atoms with van der Waals surface area (Å²) in [5, 5.41) is 13.4. The van der Waals surface area contributed by atoms with Gasteiger partial charge in [0.25, 0.3) is 5.69 Å². The maximum atomic E-state index is 14.7. The molecule has 5 rings (SSSR count). The van der Waals surface area contributed by atoms with Gasteiger partial charge < -0.3 is 15.2 Å². The number of esters is 2. The molecule has 0 saturated heterocycles. The van der Waals surface area contributed by atoms with Crippen molar-refractivity contribution >= 4 is 40.4 Å². The van der Waals surface area contributed by atoms with Gasteiger partial charge in [-0.15, -0.1) is 11.3 Å². The molecule has 0 saturated carbocycles. The Kier molecular flexibility index (Phi) is 8.63. The fraction of sp³-hybridized carbons (Fsp3) is 0.281. The Labute approximate surface area is 256 Å². The van der Waals surface area contributed by atoms with Crippen LogP contribution in [0.3, 0.4) is 0 Å². The average Bonchev–Trinajstić information content (AvgIpc) is 3.52. The van der Waals surface area contributed by atoms with Crippen LogP contribution in [0.25, 0.3) is 0 Å². The van der Waals surface area contributed by atoms with E-state index in [1.807, 2.05) is 17.5 Å². The second kappa shape index (κ2) is 12.4. The zero-order chi connectivity index (χ0) is 31.7. The number of thiophene rings is 1. The van der Waals surface area contributed by atoms with Gasteiger partial charge in [-0.2, -0.15) is 0 Å². The number of hydrogen-bond acceptors (Lipinski definition) is 10. The monoisotopic (exact) mass is 619 g/mol. The van der Waals surface area contributed by atoms with Crippen LogP contribution in [0.4, 0.5) is 15.8 Å². The van der Waals surface area contributed by atoms with Crippen LogP contribution in [0.2, 0.25) is 0 Å². The molecular weight excluding hydrogens is 589 g/mol. The third kappa shape index (κ3) is 5.37. The number of carbonyl (C=O) groups excluding carboxylic acids is 3. The molecule has 2 aliphatic rings. The summed E-state index contributed by atoms with van der Waals surface area (Å²) in [4.78, 5) is 55.1. The van der Waals surface area contributed by atoms with Crippen LogP contribution in [0.1, 0.15) is 48.1 Å². The van der Waals surface area contributed by atoms with E-state index in [4.69, 9.17) is 15.2 Å². The lowest BCUT2D eigenvalue weighted by Crippen LogP contribution is -2.46. The van der Waals surface area contributed by atoms with E-state index >= 15 is 0 Å². The zero-order valence-corrected chi connectivity index (χ0v) is 25.1. The third-order valence-electron chi connectivity index (χ3n) is 7.82. The Hall–Kier alpha value is -4.84. The first-order valence-electron chi connectivity index (χ1n) is 14.0. The van der Waals surface area contributed by atoms with Gasteiger partial charge in [-0.1, -0.05) is 18.2 Å². The first-order valence-corrected chi connectivity index (χ1v) is 14.9. The number of ketones is 1. The number of nitrogens with two attached hydrogens (primary N) is 1. The van der Waals surface area contributed by atoms with Gasteiger partial charge in [0.1, 0.15) is 17.6 Å². The number of aryl methyl sites for hydroxylation is 1. The van der Waals surface area contributed by atoms with E-state index in [0.717, 1.165) is 4.88 Å². The summed E-state index contributed by atoms with van der Waals surface area (Å²) >= 11 is 1.39. The van der Waals surface area contributed by atoms with Crippen molar-refractivity contribution in [2.45, 2.75) is 39.0 Å². The van der Waals surface area contributed by atoms with Crippen molar-refractivity contribution in [1.29, 1.82) is 0 Å². The first-order chi connectivity index (χ1) is 21.1. The molecule has 3 aromatic rings. The van der Waals surface area contributed by atoms with Crippen LogP contribution in [0, 0.1) is 28.8 Å². The summed E-state index contributed by atoms with van der Waals surface area (Å²) in [6.07, 6.45) is 0.149. The molecule has 12 heteroatoms. The van der Waals surface area contributed by atoms with E-state index in [9.17, 15) is 28.9 Å². The Morgan fingerprint density at radius 2 is 1.82 bits per heavy atom. The second-order valence-electron chi connectivity index (χ2n) is 10.3. The van der Waals surface area contributed by atoms with E-state index in [2.05, 4.69) is 0 Å².